The lowest BCUT2D eigenvalue weighted by atomic mass is 9.53. The van der Waals surface area contributed by atoms with Crippen LogP contribution in [0.25, 0.3) is 9.88 Å². The van der Waals surface area contributed by atoms with Gasteiger partial charge >= 0.3 is 5.97 Å². The minimum atomic E-state index is -0.533. The van der Waals surface area contributed by atoms with E-state index in [1.54, 1.807) is 16.7 Å². The molecule has 0 spiro atoms. The van der Waals surface area contributed by atoms with Gasteiger partial charge < -0.3 is 10.1 Å². The predicted molar refractivity (Wildman–Crippen MR) is 105 cm³/mol. The summed E-state index contributed by atoms with van der Waals surface area (Å²) in [5, 5.41) is 7.69. The first kappa shape index (κ1) is 17.4. The summed E-state index contributed by atoms with van der Waals surface area (Å²) in [5.74, 6) is 1.59. The van der Waals surface area contributed by atoms with Crippen LogP contribution in [-0.2, 0) is 9.53 Å². The van der Waals surface area contributed by atoms with E-state index in [9.17, 15) is 9.59 Å². The minimum absolute atomic E-state index is 0.0504. The normalized spacial score (nSPS) is 31.0. The van der Waals surface area contributed by atoms with Gasteiger partial charge in [-0.2, -0.15) is 0 Å². The molecule has 5 nitrogen and oxygen atoms in total. The van der Waals surface area contributed by atoms with Crippen molar-refractivity contribution in [2.75, 3.05) is 6.61 Å². The summed E-state index contributed by atoms with van der Waals surface area (Å²) in [6.45, 7) is -0.230. The highest BCUT2D eigenvalue weighted by Crippen LogP contribution is 2.55. The molecule has 4 aliphatic carbocycles. The Labute approximate surface area is 166 Å². The van der Waals surface area contributed by atoms with Crippen molar-refractivity contribution in [1.82, 2.24) is 10.3 Å². The molecule has 4 fully saturated rings. The number of hydrogen-bond acceptors (Lipinski definition) is 6. The van der Waals surface area contributed by atoms with Crippen molar-refractivity contribution in [3.8, 4) is 9.88 Å². The second kappa shape index (κ2) is 6.71. The Morgan fingerprint density at radius 2 is 1.85 bits per heavy atom. The lowest BCUT2D eigenvalue weighted by Crippen LogP contribution is -2.60. The van der Waals surface area contributed by atoms with E-state index in [-0.39, 0.29) is 23.7 Å². The van der Waals surface area contributed by atoms with Crippen LogP contribution in [-0.4, -0.2) is 29.0 Å². The summed E-state index contributed by atoms with van der Waals surface area (Å²) in [5.41, 5.74) is 0.219. The van der Waals surface area contributed by atoms with Crippen LogP contribution in [0.1, 0.15) is 49.0 Å². The maximum atomic E-state index is 12.5. The van der Waals surface area contributed by atoms with Gasteiger partial charge in [0.15, 0.2) is 12.3 Å². The highest BCUT2D eigenvalue weighted by atomic mass is 32.1. The molecule has 7 heteroatoms. The number of esters is 1. The van der Waals surface area contributed by atoms with Gasteiger partial charge in [0, 0.05) is 10.9 Å². The zero-order chi connectivity index (χ0) is 18.4. The van der Waals surface area contributed by atoms with Crippen molar-refractivity contribution in [2.24, 2.45) is 17.8 Å². The highest BCUT2D eigenvalue weighted by molar-refractivity contribution is 7.20. The van der Waals surface area contributed by atoms with E-state index in [4.69, 9.17) is 4.74 Å². The Bertz CT molecular complexity index is 823. The van der Waals surface area contributed by atoms with Gasteiger partial charge in [-0.15, -0.1) is 22.7 Å². The van der Waals surface area contributed by atoms with Crippen molar-refractivity contribution in [3.05, 3.63) is 28.6 Å². The van der Waals surface area contributed by atoms with Crippen molar-refractivity contribution in [2.45, 2.75) is 44.1 Å². The number of nitrogens with one attached hydrogen (secondary N) is 1. The first-order valence-corrected chi connectivity index (χ1v) is 11.3. The van der Waals surface area contributed by atoms with E-state index in [2.05, 4.69) is 10.3 Å². The molecule has 4 saturated carbocycles. The van der Waals surface area contributed by atoms with Crippen molar-refractivity contribution < 1.29 is 14.3 Å². The number of hydrogen-bond donors (Lipinski definition) is 1. The van der Waals surface area contributed by atoms with E-state index in [1.807, 2.05) is 17.5 Å². The van der Waals surface area contributed by atoms with Gasteiger partial charge in [-0.05, 0) is 67.7 Å². The van der Waals surface area contributed by atoms with Crippen LogP contribution >= 0.6 is 22.7 Å². The predicted octanol–water partition coefficient (Wildman–Crippen LogP) is 4.11. The molecule has 1 amide bonds. The molecule has 0 unspecified atom stereocenters. The van der Waals surface area contributed by atoms with Crippen LogP contribution in [0, 0.1) is 17.8 Å². The fourth-order valence-electron chi connectivity index (χ4n) is 5.68. The number of thiophene rings is 1. The standard InChI is InChI=1S/C20H22N2O3S2/c23-17(22-20-7-12-4-13(8-20)6-14(5-12)9-20)10-25-19(24)15-11-27-18(21-15)16-2-1-3-26-16/h1-3,11-14H,4-10H2,(H,22,23). The van der Waals surface area contributed by atoms with Gasteiger partial charge in [0.25, 0.3) is 5.91 Å². The van der Waals surface area contributed by atoms with Gasteiger partial charge in [0.05, 0.1) is 4.88 Å². The molecule has 4 aliphatic rings. The maximum Gasteiger partial charge on any atom is 0.358 e. The number of nitrogens with zero attached hydrogens (tertiary/aromatic N) is 1. The fourth-order valence-corrected chi connectivity index (χ4v) is 7.28. The number of carbonyl (C=O) groups is 2. The first-order chi connectivity index (χ1) is 13.1. The molecule has 2 aromatic rings. The Balaban J connectivity index is 1.17. The molecule has 142 valence electrons. The smallest absolute Gasteiger partial charge is 0.358 e. The van der Waals surface area contributed by atoms with Crippen LogP contribution in [0.15, 0.2) is 22.9 Å². The van der Waals surface area contributed by atoms with Crippen molar-refractivity contribution >= 4 is 34.6 Å². The van der Waals surface area contributed by atoms with Crippen LogP contribution < -0.4 is 5.32 Å². The SMILES string of the molecule is O=C(COC(=O)c1csc(-c2cccs2)n1)NC12CC3CC(CC(C3)C1)C2. The molecule has 2 heterocycles. The lowest BCUT2D eigenvalue weighted by Gasteiger charge is -2.56. The zero-order valence-electron chi connectivity index (χ0n) is 15.0. The number of carbonyl (C=O) groups excluding carboxylic acids is 2. The average Bonchev–Trinajstić information content (AvgIpc) is 3.29. The summed E-state index contributed by atoms with van der Waals surface area (Å²) in [7, 11) is 0. The van der Waals surface area contributed by atoms with E-state index in [0.717, 1.165) is 46.9 Å². The third-order valence-electron chi connectivity index (χ3n) is 6.22. The van der Waals surface area contributed by atoms with Gasteiger partial charge in [-0.1, -0.05) is 6.07 Å². The monoisotopic (exact) mass is 402 g/mol. The first-order valence-electron chi connectivity index (χ1n) is 9.56. The summed E-state index contributed by atoms with van der Waals surface area (Å²) in [4.78, 5) is 30.1. The summed E-state index contributed by atoms with van der Waals surface area (Å²) in [6, 6.07) is 3.92. The number of thiazole rings is 1. The average molecular weight is 403 g/mol. The Hall–Kier alpha value is -1.73. The minimum Gasteiger partial charge on any atom is -0.451 e. The lowest BCUT2D eigenvalue weighted by molar-refractivity contribution is -0.130. The van der Waals surface area contributed by atoms with Gasteiger partial charge in [0.2, 0.25) is 0 Å². The second-order valence-corrected chi connectivity index (χ2v) is 10.1. The molecule has 27 heavy (non-hydrogen) atoms. The summed E-state index contributed by atoms with van der Waals surface area (Å²) < 4.78 is 5.23. The zero-order valence-corrected chi connectivity index (χ0v) is 16.6. The fraction of sp³-hybridized carbons (Fsp3) is 0.550. The largest absolute Gasteiger partial charge is 0.451 e. The Kier molecular flexibility index (Phi) is 4.31. The molecule has 4 bridgehead atoms. The molecule has 1 N–H and O–H groups in total. The molecule has 0 aliphatic heterocycles. The van der Waals surface area contributed by atoms with Crippen molar-refractivity contribution in [1.29, 1.82) is 0 Å². The Morgan fingerprint density at radius 1 is 1.15 bits per heavy atom. The van der Waals surface area contributed by atoms with Crippen molar-refractivity contribution in [3.63, 3.8) is 0 Å². The van der Waals surface area contributed by atoms with Crippen LogP contribution in [0.5, 0.6) is 0 Å². The van der Waals surface area contributed by atoms with Gasteiger partial charge in [-0.25, -0.2) is 9.78 Å². The summed E-state index contributed by atoms with van der Waals surface area (Å²) in [6.07, 6.45) is 7.28. The highest BCUT2D eigenvalue weighted by Gasteiger charge is 2.51. The molecular formula is C20H22N2O3S2. The number of aromatic nitrogens is 1. The van der Waals surface area contributed by atoms with E-state index in [1.165, 1.54) is 30.6 Å². The van der Waals surface area contributed by atoms with Crippen LogP contribution in [0.4, 0.5) is 0 Å². The van der Waals surface area contributed by atoms with Crippen LogP contribution in [0.2, 0.25) is 0 Å². The molecular weight excluding hydrogens is 380 g/mol. The molecule has 2 aromatic heterocycles. The second-order valence-electron chi connectivity index (χ2n) is 8.34. The number of rotatable bonds is 5. The van der Waals surface area contributed by atoms with E-state index >= 15 is 0 Å². The molecule has 6 rings (SSSR count). The molecule has 0 saturated heterocycles. The van der Waals surface area contributed by atoms with Gasteiger partial charge in [-0.3, -0.25) is 4.79 Å². The summed E-state index contributed by atoms with van der Waals surface area (Å²) >= 11 is 2.99. The molecule has 0 aromatic carbocycles. The quantitative estimate of drug-likeness (QED) is 0.764. The van der Waals surface area contributed by atoms with E-state index < -0.39 is 5.97 Å². The molecule has 0 radical (unpaired) electrons. The maximum absolute atomic E-state index is 12.5. The third kappa shape index (κ3) is 3.43. The number of amides is 1. The van der Waals surface area contributed by atoms with Crippen LogP contribution in [0.3, 0.4) is 0 Å². The van der Waals surface area contributed by atoms with Gasteiger partial charge in [0.1, 0.15) is 5.01 Å². The van der Waals surface area contributed by atoms with E-state index in [0.29, 0.717) is 0 Å². The number of ether oxygens (including phenoxy) is 1. The topological polar surface area (TPSA) is 68.3 Å². The third-order valence-corrected chi connectivity index (χ3v) is 8.10. The Morgan fingerprint density at radius 3 is 2.48 bits per heavy atom. The molecule has 0 atom stereocenters.